The zero-order chi connectivity index (χ0) is 31.2. The van der Waals surface area contributed by atoms with Gasteiger partial charge in [0.1, 0.15) is 18.1 Å². The van der Waals surface area contributed by atoms with E-state index >= 15 is 0 Å². The predicted octanol–water partition coefficient (Wildman–Crippen LogP) is 8.14. The number of likely N-dealkylation sites (tertiary alicyclic amines) is 1. The van der Waals surface area contributed by atoms with Gasteiger partial charge in [-0.1, -0.05) is 90.0 Å². The summed E-state index contributed by atoms with van der Waals surface area (Å²) in [5.41, 5.74) is 4.35. The number of rotatable bonds is 9. The number of carbonyl (C=O) groups is 2. The normalized spacial score (nSPS) is 16.1. The van der Waals surface area contributed by atoms with Gasteiger partial charge in [-0.15, -0.1) is 0 Å². The average Bonchev–Trinajstić information content (AvgIpc) is 3.37. The van der Waals surface area contributed by atoms with Crippen LogP contribution in [-0.4, -0.2) is 35.7 Å². The van der Waals surface area contributed by atoms with Crippen molar-refractivity contribution < 1.29 is 19.1 Å². The Bertz CT molecular complexity index is 1760. The Labute approximate surface area is 272 Å². The predicted molar refractivity (Wildman–Crippen MR) is 178 cm³/mol. The summed E-state index contributed by atoms with van der Waals surface area (Å²) in [6.07, 6.45) is 7.19. The number of ketones is 1. The van der Waals surface area contributed by atoms with Crippen molar-refractivity contribution in [3.63, 3.8) is 0 Å². The lowest BCUT2D eigenvalue weighted by molar-refractivity contribution is 0.0908. The number of hydrogen-bond donors (Lipinski definition) is 1. The highest BCUT2D eigenvalue weighted by molar-refractivity contribution is 6.42. The molecule has 8 heteroatoms. The largest absolute Gasteiger partial charge is 0.489 e. The number of nitrogens with one attached hydrogen (secondary N) is 1. The summed E-state index contributed by atoms with van der Waals surface area (Å²) in [6.45, 7) is 2.99. The number of piperidine rings is 1. The summed E-state index contributed by atoms with van der Waals surface area (Å²) < 4.78 is 11.9. The highest BCUT2D eigenvalue weighted by atomic mass is 35.5. The molecule has 4 aromatic rings. The Morgan fingerprint density at radius 2 is 1.71 bits per heavy atom. The Kier molecular flexibility index (Phi) is 9.65. The van der Waals surface area contributed by atoms with E-state index < -0.39 is 0 Å². The topological polar surface area (TPSA) is 67.9 Å². The summed E-state index contributed by atoms with van der Waals surface area (Å²) in [4.78, 5) is 27.8. The highest BCUT2D eigenvalue weighted by Crippen LogP contribution is 2.34. The van der Waals surface area contributed by atoms with Crippen LogP contribution in [-0.2, 0) is 13.2 Å². The molecule has 2 aliphatic rings. The minimum absolute atomic E-state index is 0.117. The van der Waals surface area contributed by atoms with Crippen LogP contribution >= 0.6 is 23.2 Å². The minimum Gasteiger partial charge on any atom is -0.489 e. The van der Waals surface area contributed by atoms with Crippen molar-refractivity contribution in [2.45, 2.75) is 32.0 Å². The smallest absolute Gasteiger partial charge is 0.251 e. The minimum atomic E-state index is -0.139. The first-order chi connectivity index (χ1) is 21.9. The fourth-order valence-electron chi connectivity index (χ4n) is 5.47. The third-order valence-electron chi connectivity index (χ3n) is 7.88. The fourth-order valence-corrected chi connectivity index (χ4v) is 5.76. The standard InChI is InChI=1S/C37H32Cl2N2O4/c38-32-15-12-28(21-33(32)39)37(43)40-29-16-18-41(19-17-29)23-26-9-4-10-27(20-26)24-44-30-13-14-31-35(22-30)45-34(36(31)42)11-5-8-25-6-2-1-3-7-25/h1-15,20-22,29H,16-19,23-24H2,(H,40,43)/b8-5+,34-11+. The molecular formula is C37H32Cl2N2O4. The summed E-state index contributed by atoms with van der Waals surface area (Å²) in [5, 5.41) is 3.93. The van der Waals surface area contributed by atoms with Gasteiger partial charge in [0.25, 0.3) is 5.91 Å². The lowest BCUT2D eigenvalue weighted by atomic mass is 10.0. The van der Waals surface area contributed by atoms with Gasteiger partial charge in [0.15, 0.2) is 5.76 Å². The van der Waals surface area contributed by atoms with E-state index in [-0.39, 0.29) is 17.7 Å². The van der Waals surface area contributed by atoms with E-state index in [9.17, 15) is 9.59 Å². The second-order valence-corrected chi connectivity index (χ2v) is 12.0. The van der Waals surface area contributed by atoms with Crippen LogP contribution in [0.25, 0.3) is 6.08 Å². The van der Waals surface area contributed by atoms with Gasteiger partial charge >= 0.3 is 0 Å². The molecule has 0 atom stereocenters. The molecule has 4 aromatic carbocycles. The van der Waals surface area contributed by atoms with E-state index in [1.165, 1.54) is 5.56 Å². The van der Waals surface area contributed by atoms with Crippen LogP contribution in [0.3, 0.4) is 0 Å². The molecule has 228 valence electrons. The maximum Gasteiger partial charge on any atom is 0.251 e. The number of carbonyl (C=O) groups excluding carboxylic acids is 2. The van der Waals surface area contributed by atoms with Crippen molar-refractivity contribution in [2.75, 3.05) is 13.1 Å². The molecule has 0 bridgehead atoms. The monoisotopic (exact) mass is 638 g/mol. The molecule has 0 aromatic heterocycles. The van der Waals surface area contributed by atoms with E-state index in [1.807, 2.05) is 54.6 Å². The molecule has 0 spiro atoms. The number of hydrogen-bond acceptors (Lipinski definition) is 5. The number of benzene rings is 4. The van der Waals surface area contributed by atoms with Crippen LogP contribution < -0.4 is 14.8 Å². The van der Waals surface area contributed by atoms with Crippen molar-refractivity contribution in [3.05, 3.63) is 147 Å². The Hall–Kier alpha value is -4.36. The molecule has 2 heterocycles. The molecule has 0 unspecified atom stereocenters. The maximum absolute atomic E-state index is 12.8. The number of nitrogens with zero attached hydrogens (tertiary/aromatic N) is 1. The van der Waals surface area contributed by atoms with Crippen LogP contribution in [0.5, 0.6) is 11.5 Å². The molecule has 6 rings (SSSR count). The maximum atomic E-state index is 12.8. The summed E-state index contributed by atoms with van der Waals surface area (Å²) in [7, 11) is 0. The van der Waals surface area contributed by atoms with Crippen LogP contribution in [0.2, 0.25) is 10.0 Å². The quantitative estimate of drug-likeness (QED) is 0.187. The lowest BCUT2D eigenvalue weighted by Crippen LogP contribution is -2.44. The van der Waals surface area contributed by atoms with E-state index in [1.54, 1.807) is 42.5 Å². The van der Waals surface area contributed by atoms with Gasteiger partial charge in [0.2, 0.25) is 5.78 Å². The Morgan fingerprint density at radius 1 is 0.911 bits per heavy atom. The number of amides is 1. The summed E-state index contributed by atoms with van der Waals surface area (Å²) in [5.74, 6) is 1.16. The zero-order valence-electron chi connectivity index (χ0n) is 24.5. The van der Waals surface area contributed by atoms with Crippen molar-refractivity contribution >= 4 is 41.0 Å². The number of allylic oxidation sites excluding steroid dienone is 3. The number of halogens is 2. The van der Waals surface area contributed by atoms with Gasteiger partial charge in [0, 0.05) is 37.3 Å². The first-order valence-corrected chi connectivity index (χ1v) is 15.7. The molecule has 1 saturated heterocycles. The molecule has 6 nitrogen and oxygen atoms in total. The molecule has 0 radical (unpaired) electrons. The molecule has 1 fully saturated rings. The third kappa shape index (κ3) is 7.84. The average molecular weight is 640 g/mol. The zero-order valence-corrected chi connectivity index (χ0v) is 26.1. The summed E-state index contributed by atoms with van der Waals surface area (Å²) in [6, 6.07) is 28.6. The van der Waals surface area contributed by atoms with Crippen molar-refractivity contribution in [1.29, 1.82) is 0 Å². The molecule has 1 N–H and O–H groups in total. The Morgan fingerprint density at radius 3 is 2.51 bits per heavy atom. The van der Waals surface area contributed by atoms with Gasteiger partial charge in [0.05, 0.1) is 15.6 Å². The van der Waals surface area contributed by atoms with Crippen molar-refractivity contribution in [1.82, 2.24) is 10.2 Å². The molecule has 2 aliphatic heterocycles. The first kappa shape index (κ1) is 30.7. The van der Waals surface area contributed by atoms with E-state index in [0.717, 1.165) is 43.6 Å². The van der Waals surface area contributed by atoms with Crippen LogP contribution in [0.1, 0.15) is 50.2 Å². The second kappa shape index (κ2) is 14.2. The fraction of sp³-hybridized carbons (Fsp3) is 0.189. The van der Waals surface area contributed by atoms with Crippen molar-refractivity contribution in [3.8, 4) is 11.5 Å². The van der Waals surface area contributed by atoms with Crippen molar-refractivity contribution in [2.24, 2.45) is 0 Å². The van der Waals surface area contributed by atoms with Gasteiger partial charge in [-0.25, -0.2) is 0 Å². The summed E-state index contributed by atoms with van der Waals surface area (Å²) >= 11 is 12.0. The van der Waals surface area contributed by atoms with Crippen LogP contribution in [0.4, 0.5) is 0 Å². The van der Waals surface area contributed by atoms with Gasteiger partial charge in [-0.05, 0) is 65.9 Å². The van der Waals surface area contributed by atoms with E-state index in [4.69, 9.17) is 32.7 Å². The van der Waals surface area contributed by atoms with Crippen LogP contribution in [0.15, 0.2) is 109 Å². The lowest BCUT2D eigenvalue weighted by Gasteiger charge is -2.32. The van der Waals surface area contributed by atoms with Gasteiger partial charge in [-0.2, -0.15) is 0 Å². The molecule has 0 aliphatic carbocycles. The SMILES string of the molecule is O=C(NC1CCN(Cc2cccc(COc3ccc4c(c3)O/C(=C/C=C/c3ccccc3)C4=O)c2)CC1)c1ccc(Cl)c(Cl)c1. The number of ether oxygens (including phenoxy) is 2. The van der Waals surface area contributed by atoms with Crippen LogP contribution in [0, 0.1) is 0 Å². The van der Waals surface area contributed by atoms with Gasteiger partial charge < -0.3 is 14.8 Å². The Balaban J connectivity index is 0.984. The number of Topliss-reactive ketones (excluding diaryl/α,β-unsaturated/α-hetero) is 1. The van der Waals surface area contributed by atoms with E-state index in [2.05, 4.69) is 22.3 Å². The molecule has 45 heavy (non-hydrogen) atoms. The third-order valence-corrected chi connectivity index (χ3v) is 8.62. The number of fused-ring (bicyclic) bond motifs is 1. The van der Waals surface area contributed by atoms with Gasteiger partial charge in [-0.3, -0.25) is 14.5 Å². The van der Waals surface area contributed by atoms with E-state index in [0.29, 0.717) is 45.0 Å². The molecule has 0 saturated carbocycles. The second-order valence-electron chi connectivity index (χ2n) is 11.2. The molecular weight excluding hydrogens is 607 g/mol. The molecule has 1 amide bonds. The highest BCUT2D eigenvalue weighted by Gasteiger charge is 2.27. The first-order valence-electron chi connectivity index (χ1n) is 14.9.